The third-order valence-corrected chi connectivity index (χ3v) is 8.01. The number of benzene rings is 3. The number of carbonyl (C=O) groups excluding carboxylic acids is 1. The molecule has 0 bridgehead atoms. The average Bonchev–Trinajstić information content (AvgIpc) is 3.22. The first-order chi connectivity index (χ1) is 16.8. The van der Waals surface area contributed by atoms with Crippen LogP contribution in [-0.2, 0) is 22.9 Å². The van der Waals surface area contributed by atoms with Crippen LogP contribution in [0.1, 0.15) is 34.5 Å². The van der Waals surface area contributed by atoms with E-state index in [1.165, 1.54) is 42.5 Å². The van der Waals surface area contributed by atoms with E-state index in [0.717, 1.165) is 58.8 Å². The maximum absolute atomic E-state index is 13.7. The van der Waals surface area contributed by atoms with Gasteiger partial charge in [0.1, 0.15) is 11.3 Å². The lowest BCUT2D eigenvalue weighted by molar-refractivity contribution is -0.384. The van der Waals surface area contributed by atoms with E-state index >= 15 is 0 Å². The number of furan rings is 1. The maximum atomic E-state index is 13.7. The molecule has 1 aromatic heterocycles. The Labute approximate surface area is 205 Å². The monoisotopic (exact) mass is 510 g/mol. The lowest BCUT2D eigenvalue weighted by Gasteiger charge is -2.23. The summed E-state index contributed by atoms with van der Waals surface area (Å²) in [5, 5.41) is 12.1. The lowest BCUT2D eigenvalue weighted by atomic mass is 9.96. The second kappa shape index (κ2) is 8.83. The van der Waals surface area contributed by atoms with Gasteiger partial charge >= 0.3 is 0 Å². The Morgan fingerprint density at radius 1 is 0.971 bits per heavy atom. The smallest absolute Gasteiger partial charge is 0.272 e. The first-order valence-electron chi connectivity index (χ1n) is 10.9. The fourth-order valence-corrected chi connectivity index (χ4v) is 5.83. The number of anilines is 1. The van der Waals surface area contributed by atoms with Gasteiger partial charge in [-0.15, -0.1) is 0 Å². The first-order valence-corrected chi connectivity index (χ1v) is 12.7. The number of non-ortho nitro benzene ring substituents is 1. The standard InChI is InChI=1S/C25H19ClN2O6S/c26-17-7-12-20(13-8-17)35(32,33)27(25(29)16-5-9-18(10-6-16)28(30)31)19-11-14-24-22(15-19)21-3-1-2-4-23(21)34-24/h5-15H,1-4H2. The second-order valence-electron chi connectivity index (χ2n) is 8.22. The normalized spacial score (nSPS) is 13.4. The van der Waals surface area contributed by atoms with E-state index in [2.05, 4.69) is 0 Å². The molecule has 3 aromatic carbocycles. The Hall–Kier alpha value is -3.69. The number of nitro benzene ring substituents is 1. The summed E-state index contributed by atoms with van der Waals surface area (Å²) in [7, 11) is -4.36. The number of nitrogens with zero attached hydrogens (tertiary/aromatic N) is 2. The highest BCUT2D eigenvalue weighted by atomic mass is 35.5. The van der Waals surface area contributed by atoms with Crippen molar-refractivity contribution >= 4 is 49.9 Å². The summed E-state index contributed by atoms with van der Waals surface area (Å²) in [5.74, 6) is 0.0452. The molecule has 0 spiro atoms. The van der Waals surface area contributed by atoms with Crippen LogP contribution in [0.25, 0.3) is 11.0 Å². The molecule has 8 nitrogen and oxygen atoms in total. The maximum Gasteiger partial charge on any atom is 0.272 e. The van der Waals surface area contributed by atoms with E-state index in [0.29, 0.717) is 10.6 Å². The number of hydrogen-bond acceptors (Lipinski definition) is 6. The molecule has 1 aliphatic carbocycles. The Bertz CT molecular complexity index is 1560. The number of rotatable bonds is 5. The van der Waals surface area contributed by atoms with Gasteiger partial charge in [0.2, 0.25) is 0 Å². The number of carbonyl (C=O) groups is 1. The molecule has 1 heterocycles. The van der Waals surface area contributed by atoms with Crippen molar-refractivity contribution in [2.45, 2.75) is 30.6 Å². The number of halogens is 1. The molecule has 35 heavy (non-hydrogen) atoms. The topological polar surface area (TPSA) is 111 Å². The van der Waals surface area contributed by atoms with Gasteiger partial charge in [-0.2, -0.15) is 4.31 Å². The van der Waals surface area contributed by atoms with Crippen molar-refractivity contribution < 1.29 is 22.6 Å². The minimum absolute atomic E-state index is 0.0116. The van der Waals surface area contributed by atoms with E-state index < -0.39 is 20.9 Å². The molecule has 0 N–H and O–H groups in total. The fourth-order valence-electron chi connectivity index (χ4n) is 4.30. The quantitative estimate of drug-likeness (QED) is 0.244. The summed E-state index contributed by atoms with van der Waals surface area (Å²) >= 11 is 5.94. The molecule has 0 unspecified atom stereocenters. The SMILES string of the molecule is O=C(c1ccc([N+](=O)[O-])cc1)N(c1ccc2oc3c(c2c1)CCCC3)S(=O)(=O)c1ccc(Cl)cc1. The molecule has 5 rings (SSSR count). The fraction of sp³-hybridized carbons (Fsp3) is 0.160. The summed E-state index contributed by atoms with van der Waals surface area (Å²) in [6, 6.07) is 15.2. The van der Waals surface area contributed by atoms with Crippen molar-refractivity contribution in [2.24, 2.45) is 0 Å². The van der Waals surface area contributed by atoms with Gasteiger partial charge in [0.25, 0.3) is 21.6 Å². The molecule has 10 heteroatoms. The highest BCUT2D eigenvalue weighted by Gasteiger charge is 2.33. The number of fused-ring (bicyclic) bond motifs is 3. The van der Waals surface area contributed by atoms with Crippen LogP contribution in [0.2, 0.25) is 5.02 Å². The van der Waals surface area contributed by atoms with Crippen LogP contribution in [0.4, 0.5) is 11.4 Å². The van der Waals surface area contributed by atoms with Gasteiger partial charge in [0, 0.05) is 40.1 Å². The zero-order valence-electron chi connectivity index (χ0n) is 18.3. The molecule has 0 fully saturated rings. The Morgan fingerprint density at radius 2 is 1.66 bits per heavy atom. The molecule has 0 saturated heterocycles. The van der Waals surface area contributed by atoms with Crippen LogP contribution < -0.4 is 4.31 Å². The molecule has 4 aromatic rings. The first kappa shape index (κ1) is 23.1. The minimum Gasteiger partial charge on any atom is -0.461 e. The number of aryl methyl sites for hydroxylation is 2. The van der Waals surface area contributed by atoms with Crippen LogP contribution in [-0.4, -0.2) is 19.2 Å². The highest BCUT2D eigenvalue weighted by Crippen LogP contribution is 2.36. The lowest BCUT2D eigenvalue weighted by Crippen LogP contribution is -2.37. The predicted molar refractivity (Wildman–Crippen MR) is 131 cm³/mol. The van der Waals surface area contributed by atoms with Gasteiger partial charge in [-0.1, -0.05) is 11.6 Å². The Kier molecular flexibility index (Phi) is 5.82. The summed E-state index contributed by atoms with van der Waals surface area (Å²) in [4.78, 5) is 23.9. The van der Waals surface area contributed by atoms with Gasteiger partial charge in [0.05, 0.1) is 15.5 Å². The summed E-state index contributed by atoms with van der Waals surface area (Å²) in [6.45, 7) is 0. The van der Waals surface area contributed by atoms with Crippen molar-refractivity contribution in [2.75, 3.05) is 4.31 Å². The average molecular weight is 511 g/mol. The molecule has 1 aliphatic rings. The van der Waals surface area contributed by atoms with Crippen LogP contribution in [0.5, 0.6) is 0 Å². The molecule has 178 valence electrons. The molecule has 0 atom stereocenters. The van der Waals surface area contributed by atoms with Crippen LogP contribution in [0, 0.1) is 10.1 Å². The van der Waals surface area contributed by atoms with E-state index in [-0.39, 0.29) is 21.8 Å². The number of sulfonamides is 1. The predicted octanol–water partition coefficient (Wildman–Crippen LogP) is 5.91. The second-order valence-corrected chi connectivity index (χ2v) is 10.4. The van der Waals surface area contributed by atoms with Gasteiger partial charge in [0.15, 0.2) is 0 Å². The van der Waals surface area contributed by atoms with Crippen LogP contribution in [0.3, 0.4) is 0 Å². The molecule has 0 radical (unpaired) electrons. The van der Waals surface area contributed by atoms with E-state index in [1.54, 1.807) is 12.1 Å². The summed E-state index contributed by atoms with van der Waals surface area (Å²) in [5.41, 5.74) is 1.58. The zero-order valence-corrected chi connectivity index (χ0v) is 19.9. The van der Waals surface area contributed by atoms with E-state index in [9.17, 15) is 23.3 Å². The zero-order chi connectivity index (χ0) is 24.7. The third-order valence-electron chi connectivity index (χ3n) is 6.03. The summed E-state index contributed by atoms with van der Waals surface area (Å²) in [6.07, 6.45) is 3.65. The van der Waals surface area contributed by atoms with Crippen LogP contribution in [0.15, 0.2) is 76.0 Å². The van der Waals surface area contributed by atoms with E-state index in [1.807, 2.05) is 0 Å². The van der Waals surface area contributed by atoms with Crippen molar-refractivity contribution in [3.8, 4) is 0 Å². The Morgan fingerprint density at radius 3 is 2.34 bits per heavy atom. The van der Waals surface area contributed by atoms with Crippen molar-refractivity contribution in [1.82, 2.24) is 0 Å². The molecule has 1 amide bonds. The highest BCUT2D eigenvalue weighted by molar-refractivity contribution is 7.93. The van der Waals surface area contributed by atoms with Gasteiger partial charge in [-0.05, 0) is 73.9 Å². The Balaban J connectivity index is 1.67. The van der Waals surface area contributed by atoms with Crippen molar-refractivity contribution in [3.05, 3.63) is 98.8 Å². The third kappa shape index (κ3) is 4.17. The van der Waals surface area contributed by atoms with Crippen LogP contribution >= 0.6 is 11.6 Å². The number of nitro groups is 1. The molecular formula is C25H19ClN2O6S. The minimum atomic E-state index is -4.36. The molecule has 0 saturated carbocycles. The van der Waals surface area contributed by atoms with Gasteiger partial charge in [-0.25, -0.2) is 8.42 Å². The largest absolute Gasteiger partial charge is 0.461 e. The number of hydrogen-bond donors (Lipinski definition) is 0. The molecule has 0 aliphatic heterocycles. The van der Waals surface area contributed by atoms with Gasteiger partial charge in [-0.3, -0.25) is 14.9 Å². The summed E-state index contributed by atoms with van der Waals surface area (Å²) < 4.78 is 34.1. The van der Waals surface area contributed by atoms with Crippen molar-refractivity contribution in [3.63, 3.8) is 0 Å². The van der Waals surface area contributed by atoms with Crippen molar-refractivity contribution in [1.29, 1.82) is 0 Å². The number of amides is 1. The van der Waals surface area contributed by atoms with E-state index in [4.69, 9.17) is 16.0 Å². The van der Waals surface area contributed by atoms with Gasteiger partial charge < -0.3 is 4.42 Å². The molecular weight excluding hydrogens is 492 g/mol.